The Morgan fingerprint density at radius 1 is 1.30 bits per heavy atom. The lowest BCUT2D eigenvalue weighted by molar-refractivity contribution is 0.209. The van der Waals surface area contributed by atoms with Crippen molar-refractivity contribution < 1.29 is 8.42 Å². The summed E-state index contributed by atoms with van der Waals surface area (Å²) in [6.45, 7) is 3.98. The van der Waals surface area contributed by atoms with Gasteiger partial charge in [0.05, 0.1) is 11.4 Å². The molecule has 1 aliphatic heterocycles. The van der Waals surface area contributed by atoms with E-state index in [4.69, 9.17) is 0 Å². The minimum absolute atomic E-state index is 0.170. The van der Waals surface area contributed by atoms with Crippen LogP contribution in [0.5, 0.6) is 0 Å². The van der Waals surface area contributed by atoms with Crippen LogP contribution in [0.3, 0.4) is 0 Å². The minimum atomic E-state index is -3.36. The maximum Gasteiger partial charge on any atom is 0.184 e. The van der Waals surface area contributed by atoms with Crippen LogP contribution in [-0.2, 0) is 15.4 Å². The molecule has 0 saturated heterocycles. The predicted molar refractivity (Wildman–Crippen MR) is 81.2 cm³/mol. The zero-order chi connectivity index (χ0) is 15.0. The third-order valence-electron chi connectivity index (χ3n) is 3.39. The Kier molecular flexibility index (Phi) is 3.85. The van der Waals surface area contributed by atoms with Crippen molar-refractivity contribution in [2.45, 2.75) is 19.4 Å². The molecule has 0 bridgehead atoms. The average Bonchev–Trinajstić information content (AvgIpc) is 2.84. The Bertz CT molecular complexity index is 686. The summed E-state index contributed by atoms with van der Waals surface area (Å²) < 4.78 is 23.7. The Labute approximate surface area is 124 Å². The van der Waals surface area contributed by atoms with Crippen LogP contribution in [0.1, 0.15) is 19.4 Å². The Balaban J connectivity index is 2.50. The van der Waals surface area contributed by atoms with Crippen molar-refractivity contribution in [3.63, 3.8) is 0 Å². The smallest absolute Gasteiger partial charge is 0.184 e. The van der Waals surface area contributed by atoms with Gasteiger partial charge in [-0.3, -0.25) is 0 Å². The summed E-state index contributed by atoms with van der Waals surface area (Å²) in [4.78, 5) is 1.85. The van der Waals surface area contributed by atoms with Gasteiger partial charge < -0.3 is 4.90 Å². The van der Waals surface area contributed by atoms with E-state index in [0.717, 1.165) is 11.8 Å². The molecule has 0 N–H and O–H groups in total. The van der Waals surface area contributed by atoms with Gasteiger partial charge in [-0.2, -0.15) is 5.26 Å². The molecule has 1 aromatic carbocycles. The van der Waals surface area contributed by atoms with Gasteiger partial charge in [-0.05, 0) is 19.4 Å². The van der Waals surface area contributed by atoms with E-state index in [0.29, 0.717) is 5.88 Å². The summed E-state index contributed by atoms with van der Waals surface area (Å²) in [7, 11) is -3.36. The number of thioether (sulfide) groups is 1. The first-order valence-corrected chi connectivity index (χ1v) is 8.96. The van der Waals surface area contributed by atoms with E-state index in [1.54, 1.807) is 0 Å². The second kappa shape index (κ2) is 5.15. The summed E-state index contributed by atoms with van der Waals surface area (Å²) in [5, 5.41) is 9.35. The van der Waals surface area contributed by atoms with Gasteiger partial charge in [-0.15, -0.1) is 0 Å². The van der Waals surface area contributed by atoms with Crippen LogP contribution >= 0.6 is 11.8 Å². The van der Waals surface area contributed by atoms with Crippen molar-refractivity contribution in [1.82, 2.24) is 4.90 Å². The van der Waals surface area contributed by atoms with Crippen LogP contribution in [0.25, 0.3) is 0 Å². The molecule has 4 nitrogen and oxygen atoms in total. The number of nitriles is 1. The molecule has 0 fully saturated rings. The molecule has 2 rings (SSSR count). The van der Waals surface area contributed by atoms with E-state index in [2.05, 4.69) is 6.07 Å². The van der Waals surface area contributed by atoms with Crippen LogP contribution < -0.4 is 0 Å². The molecule has 1 aliphatic rings. The first kappa shape index (κ1) is 14.9. The van der Waals surface area contributed by atoms with Crippen LogP contribution in [0.15, 0.2) is 40.3 Å². The number of nitrogens with zero attached hydrogens (tertiary/aromatic N) is 2. The Hall–Kier alpha value is -1.45. The lowest BCUT2D eigenvalue weighted by Gasteiger charge is -2.37. The SMILES string of the molecule is CC(C)(c1ccccc1)N1CSC(S(C)(=O)=O)=C1C#N. The number of allylic oxidation sites excluding steroid dienone is 1. The molecule has 0 spiro atoms. The quantitative estimate of drug-likeness (QED) is 0.859. The third-order valence-corrected chi connectivity index (χ3v) is 6.36. The van der Waals surface area contributed by atoms with Crippen molar-refractivity contribution in [2.24, 2.45) is 0 Å². The summed E-state index contributed by atoms with van der Waals surface area (Å²) in [5.41, 5.74) is 0.848. The van der Waals surface area contributed by atoms with E-state index >= 15 is 0 Å². The number of rotatable bonds is 3. The van der Waals surface area contributed by atoms with E-state index < -0.39 is 15.4 Å². The highest BCUT2D eigenvalue weighted by Crippen LogP contribution is 2.42. The van der Waals surface area contributed by atoms with Gasteiger partial charge in [-0.25, -0.2) is 8.42 Å². The van der Waals surface area contributed by atoms with Gasteiger partial charge in [0.1, 0.15) is 16.0 Å². The fourth-order valence-corrected chi connectivity index (χ4v) is 4.71. The normalized spacial score (nSPS) is 16.4. The Morgan fingerprint density at radius 2 is 1.90 bits per heavy atom. The lowest BCUT2D eigenvalue weighted by atomic mass is 9.92. The van der Waals surface area contributed by atoms with Gasteiger partial charge in [0.15, 0.2) is 9.84 Å². The van der Waals surface area contributed by atoms with Gasteiger partial charge >= 0.3 is 0 Å². The number of benzene rings is 1. The topological polar surface area (TPSA) is 61.2 Å². The van der Waals surface area contributed by atoms with Gasteiger partial charge in [0.25, 0.3) is 0 Å². The Morgan fingerprint density at radius 3 is 2.40 bits per heavy atom. The molecule has 1 heterocycles. The lowest BCUT2D eigenvalue weighted by Crippen LogP contribution is -2.38. The van der Waals surface area contributed by atoms with E-state index in [1.165, 1.54) is 11.8 Å². The van der Waals surface area contributed by atoms with Gasteiger partial charge in [0, 0.05) is 6.26 Å². The van der Waals surface area contributed by atoms with Crippen molar-refractivity contribution in [3.8, 4) is 6.07 Å². The molecule has 0 saturated carbocycles. The van der Waals surface area contributed by atoms with Crippen molar-refractivity contribution in [3.05, 3.63) is 45.8 Å². The van der Waals surface area contributed by atoms with Gasteiger partial charge in [-0.1, -0.05) is 42.1 Å². The van der Waals surface area contributed by atoms with E-state index in [-0.39, 0.29) is 9.93 Å². The van der Waals surface area contributed by atoms with Crippen molar-refractivity contribution in [2.75, 3.05) is 12.1 Å². The molecule has 20 heavy (non-hydrogen) atoms. The molecule has 0 aliphatic carbocycles. The zero-order valence-electron chi connectivity index (χ0n) is 11.6. The largest absolute Gasteiger partial charge is 0.343 e. The summed E-state index contributed by atoms with van der Waals surface area (Å²) in [5.74, 6) is 0.465. The fourth-order valence-electron chi connectivity index (χ4n) is 2.20. The molecule has 0 atom stereocenters. The average molecular weight is 308 g/mol. The highest BCUT2D eigenvalue weighted by Gasteiger charge is 2.38. The summed E-state index contributed by atoms with van der Waals surface area (Å²) in [6, 6.07) is 11.8. The fraction of sp³-hybridized carbons (Fsp3) is 0.357. The monoisotopic (exact) mass is 308 g/mol. The summed E-state index contributed by atoms with van der Waals surface area (Å²) in [6.07, 6.45) is 1.14. The molecule has 0 aromatic heterocycles. The second-order valence-electron chi connectivity index (χ2n) is 5.15. The second-order valence-corrected chi connectivity index (χ2v) is 8.31. The molecular weight excluding hydrogens is 292 g/mol. The van der Waals surface area contributed by atoms with Crippen LogP contribution in [0.2, 0.25) is 0 Å². The predicted octanol–water partition coefficient (Wildman–Crippen LogP) is 2.67. The van der Waals surface area contributed by atoms with Gasteiger partial charge in [0.2, 0.25) is 0 Å². The highest BCUT2D eigenvalue weighted by atomic mass is 32.3. The maximum atomic E-state index is 11.8. The van der Waals surface area contributed by atoms with Crippen molar-refractivity contribution >= 4 is 21.6 Å². The minimum Gasteiger partial charge on any atom is -0.343 e. The molecule has 106 valence electrons. The number of hydrogen-bond donors (Lipinski definition) is 0. The molecule has 0 unspecified atom stereocenters. The molecule has 1 aromatic rings. The van der Waals surface area contributed by atoms with Crippen LogP contribution in [-0.4, -0.2) is 25.5 Å². The van der Waals surface area contributed by atoms with E-state index in [1.807, 2.05) is 49.1 Å². The van der Waals surface area contributed by atoms with E-state index in [9.17, 15) is 13.7 Å². The van der Waals surface area contributed by atoms with Crippen LogP contribution in [0, 0.1) is 11.3 Å². The third kappa shape index (κ3) is 2.56. The number of hydrogen-bond acceptors (Lipinski definition) is 5. The standard InChI is InChI=1S/C14H16N2O2S2/c1-14(2,11-7-5-4-6-8-11)16-10-19-13(12(16)9-15)20(3,17)18/h4-8H,10H2,1-3H3. The maximum absolute atomic E-state index is 11.8. The van der Waals surface area contributed by atoms with Crippen LogP contribution in [0.4, 0.5) is 0 Å². The molecule has 6 heteroatoms. The molecule has 0 radical (unpaired) electrons. The van der Waals surface area contributed by atoms with Crippen molar-refractivity contribution in [1.29, 1.82) is 5.26 Å². The first-order chi connectivity index (χ1) is 9.28. The number of sulfone groups is 1. The first-order valence-electron chi connectivity index (χ1n) is 6.09. The summed E-state index contributed by atoms with van der Waals surface area (Å²) >= 11 is 1.21. The molecule has 0 amide bonds. The highest BCUT2D eigenvalue weighted by molar-refractivity contribution is 8.18. The zero-order valence-corrected chi connectivity index (χ0v) is 13.3. The molecular formula is C14H16N2O2S2.